The first-order valence-electron chi connectivity index (χ1n) is 15.8. The highest BCUT2D eigenvalue weighted by atomic mass is 16.7. The Kier molecular flexibility index (Phi) is 12.0. The largest absolute Gasteiger partial charge is 0.468 e. The van der Waals surface area contributed by atoms with E-state index in [2.05, 4.69) is 24.1 Å². The summed E-state index contributed by atoms with van der Waals surface area (Å²) >= 11 is 0. The maximum Gasteiger partial charge on any atom is 0.316 e. The molecule has 2 N–H and O–H groups in total. The minimum Gasteiger partial charge on any atom is -0.468 e. The molecule has 2 atom stereocenters. The normalized spacial score (nSPS) is 14.6. The second-order valence-corrected chi connectivity index (χ2v) is 11.5. The second kappa shape index (κ2) is 16.1. The summed E-state index contributed by atoms with van der Waals surface area (Å²) in [6.45, 7) is 8.54. The maximum absolute atomic E-state index is 13.5. The fraction of sp³-hybridized carbons (Fsp3) is 0.417. The van der Waals surface area contributed by atoms with Crippen LogP contribution in [0, 0.1) is 5.92 Å². The lowest BCUT2D eigenvalue weighted by Crippen LogP contribution is -2.47. The van der Waals surface area contributed by atoms with Crippen molar-refractivity contribution in [2.75, 3.05) is 13.8 Å². The topological polar surface area (TPSA) is 110 Å². The molecule has 2 aromatic carbocycles. The number of rotatable bonds is 19. The van der Waals surface area contributed by atoms with Gasteiger partial charge in [-0.15, -0.1) is 0 Å². The van der Waals surface area contributed by atoms with Crippen LogP contribution in [0.25, 0.3) is 17.0 Å². The van der Waals surface area contributed by atoms with Gasteiger partial charge in [0, 0.05) is 5.56 Å². The molecule has 1 fully saturated rings. The highest BCUT2D eigenvalue weighted by Crippen LogP contribution is 2.49. The van der Waals surface area contributed by atoms with Crippen molar-refractivity contribution in [1.29, 1.82) is 0 Å². The van der Waals surface area contributed by atoms with Gasteiger partial charge in [0.05, 0.1) is 36.9 Å². The van der Waals surface area contributed by atoms with Crippen LogP contribution in [0.5, 0.6) is 0 Å². The highest BCUT2D eigenvalue weighted by Gasteiger charge is 2.52. The Morgan fingerprint density at radius 1 is 1.04 bits per heavy atom. The summed E-state index contributed by atoms with van der Waals surface area (Å²) in [6, 6.07) is 20.7. The van der Waals surface area contributed by atoms with Gasteiger partial charge in [-0.2, -0.15) is 0 Å². The fourth-order valence-electron chi connectivity index (χ4n) is 5.69. The van der Waals surface area contributed by atoms with Crippen molar-refractivity contribution in [3.8, 4) is 11.3 Å². The molecule has 0 spiro atoms. The number of methoxy groups -OCH3 is 1. The Morgan fingerprint density at radius 3 is 2.49 bits per heavy atom. The van der Waals surface area contributed by atoms with Crippen LogP contribution in [0.15, 0.2) is 77.7 Å². The molecule has 2 unspecified atom stereocenters. The van der Waals surface area contributed by atoms with Crippen LogP contribution >= 0.6 is 0 Å². The third-order valence-corrected chi connectivity index (χ3v) is 8.49. The van der Waals surface area contributed by atoms with Crippen LogP contribution in [-0.2, 0) is 36.0 Å². The van der Waals surface area contributed by atoms with Gasteiger partial charge in [-0.3, -0.25) is 19.2 Å². The third kappa shape index (κ3) is 8.42. The Balaban J connectivity index is 1.36. The molecule has 9 heteroatoms. The Hall–Kier alpha value is -4.37. The van der Waals surface area contributed by atoms with Crippen LogP contribution in [0.2, 0.25) is 0 Å². The van der Waals surface area contributed by atoms with Gasteiger partial charge in [-0.1, -0.05) is 88.2 Å². The predicted molar refractivity (Wildman–Crippen MR) is 173 cm³/mol. The van der Waals surface area contributed by atoms with Crippen molar-refractivity contribution < 1.29 is 28.4 Å². The van der Waals surface area contributed by atoms with Crippen molar-refractivity contribution in [1.82, 2.24) is 15.7 Å². The molecule has 1 aliphatic carbocycles. The van der Waals surface area contributed by atoms with E-state index in [0.717, 1.165) is 48.8 Å². The fourth-order valence-corrected chi connectivity index (χ4v) is 5.69. The van der Waals surface area contributed by atoms with Gasteiger partial charge in [-0.25, -0.2) is 5.06 Å². The number of carbonyl (C=O) groups excluding carboxylic acids is 3. The van der Waals surface area contributed by atoms with Crippen molar-refractivity contribution in [2.45, 2.75) is 76.9 Å². The van der Waals surface area contributed by atoms with E-state index in [1.165, 1.54) is 12.2 Å². The van der Waals surface area contributed by atoms with Crippen molar-refractivity contribution >= 4 is 24.0 Å². The van der Waals surface area contributed by atoms with E-state index in [-0.39, 0.29) is 25.2 Å². The molecule has 0 saturated heterocycles. The third-order valence-electron chi connectivity index (χ3n) is 8.49. The van der Waals surface area contributed by atoms with Gasteiger partial charge in [0.2, 0.25) is 12.3 Å². The number of carbonyl (C=O) groups is 3. The smallest absolute Gasteiger partial charge is 0.316 e. The molecule has 1 heterocycles. The second-order valence-electron chi connectivity index (χ2n) is 11.5. The van der Waals surface area contributed by atoms with E-state index in [9.17, 15) is 14.4 Å². The molecule has 1 aliphatic rings. The van der Waals surface area contributed by atoms with Crippen LogP contribution < -0.4 is 10.6 Å². The van der Waals surface area contributed by atoms with Gasteiger partial charge < -0.3 is 19.8 Å². The Morgan fingerprint density at radius 2 is 1.82 bits per heavy atom. The summed E-state index contributed by atoms with van der Waals surface area (Å²) in [4.78, 5) is 43.8. The molecule has 2 amide bonds. The van der Waals surface area contributed by atoms with Crippen LogP contribution in [0.1, 0.15) is 75.7 Å². The zero-order valence-corrected chi connectivity index (χ0v) is 26.6. The van der Waals surface area contributed by atoms with Crippen LogP contribution in [0.3, 0.4) is 0 Å². The van der Waals surface area contributed by atoms with Gasteiger partial charge >= 0.3 is 5.97 Å². The molecule has 4 rings (SSSR count). The van der Waals surface area contributed by atoms with Gasteiger partial charge in [0.25, 0.3) is 0 Å². The van der Waals surface area contributed by atoms with Crippen LogP contribution in [-0.4, -0.2) is 43.2 Å². The summed E-state index contributed by atoms with van der Waals surface area (Å²) in [7, 11) is 1.42. The number of amides is 2. The van der Waals surface area contributed by atoms with Gasteiger partial charge in [-0.05, 0) is 55.0 Å². The summed E-state index contributed by atoms with van der Waals surface area (Å²) in [6.07, 6.45) is 6.29. The van der Waals surface area contributed by atoms with Gasteiger partial charge in [0.15, 0.2) is 0 Å². The van der Waals surface area contributed by atoms with E-state index in [0.29, 0.717) is 36.5 Å². The van der Waals surface area contributed by atoms with E-state index in [1.54, 1.807) is 0 Å². The molecule has 1 aromatic heterocycles. The minimum atomic E-state index is -0.564. The molecule has 1 saturated carbocycles. The molecule has 240 valence electrons. The summed E-state index contributed by atoms with van der Waals surface area (Å²) < 4.78 is 11.1. The number of esters is 1. The number of furan rings is 1. The average Bonchev–Trinajstić information content (AvgIpc) is 3.74. The molecule has 9 nitrogen and oxygen atoms in total. The SMILES string of the molecule is C=C(NCNC(=O)C(CCCCC)C(CC)N(C=O)OCc1ccccc1)c1ccc(-c2cccc(C3(C(=O)OC)CC3)c2)o1. The number of hydroxylamine groups is 2. The number of nitrogens with zero attached hydrogens (tertiary/aromatic N) is 1. The number of ether oxygens (including phenoxy) is 1. The first kappa shape index (κ1) is 33.5. The van der Waals surface area contributed by atoms with Crippen LogP contribution in [0.4, 0.5) is 0 Å². The number of benzene rings is 2. The van der Waals surface area contributed by atoms with Crippen molar-refractivity contribution in [3.63, 3.8) is 0 Å². The molecular formula is C36H45N3O6. The minimum absolute atomic E-state index is 0.136. The average molecular weight is 616 g/mol. The summed E-state index contributed by atoms with van der Waals surface area (Å²) in [5.41, 5.74) is 2.66. The first-order valence-corrected chi connectivity index (χ1v) is 15.8. The zero-order chi connectivity index (χ0) is 32.2. The van der Waals surface area contributed by atoms with Gasteiger partial charge in [0.1, 0.15) is 18.1 Å². The number of unbranched alkanes of at least 4 members (excludes halogenated alkanes) is 2. The molecular weight excluding hydrogens is 570 g/mol. The standard InChI is InChI=1S/C36H45N3O6/c1-5-7-9-17-30(31(6-2)39(25-40)44-23-27-13-10-8-11-14-27)34(41)38-24-37-26(3)32-18-19-33(45-32)28-15-12-16-29(22-28)36(20-21-36)35(42)43-4/h8,10-16,18-19,22,25,30-31,37H,3,5-7,9,17,20-21,23-24H2,1-2,4H3,(H,38,41). The number of hydrogen-bond acceptors (Lipinski definition) is 7. The van der Waals surface area contributed by atoms with Crippen molar-refractivity contribution in [3.05, 3.63) is 90.2 Å². The summed E-state index contributed by atoms with van der Waals surface area (Å²) in [5.74, 6) is 0.359. The highest BCUT2D eigenvalue weighted by molar-refractivity contribution is 5.87. The van der Waals surface area contributed by atoms with E-state index < -0.39 is 17.4 Å². The predicted octanol–water partition coefficient (Wildman–Crippen LogP) is 6.35. The quantitative estimate of drug-likeness (QED) is 0.0532. The lowest BCUT2D eigenvalue weighted by atomic mass is 9.90. The lowest BCUT2D eigenvalue weighted by Gasteiger charge is -2.32. The monoisotopic (exact) mass is 615 g/mol. The Bertz CT molecular complexity index is 1430. The molecule has 45 heavy (non-hydrogen) atoms. The van der Waals surface area contributed by atoms with E-state index in [4.69, 9.17) is 14.0 Å². The van der Waals surface area contributed by atoms with Crippen molar-refractivity contribution in [2.24, 2.45) is 5.92 Å². The maximum atomic E-state index is 13.5. The van der Waals surface area contributed by atoms with E-state index >= 15 is 0 Å². The first-order chi connectivity index (χ1) is 21.9. The Labute approximate surface area is 265 Å². The summed E-state index contributed by atoms with van der Waals surface area (Å²) in [5, 5.41) is 7.40. The number of nitrogens with one attached hydrogen (secondary N) is 2. The zero-order valence-electron chi connectivity index (χ0n) is 26.6. The molecule has 0 bridgehead atoms. The van der Waals surface area contributed by atoms with E-state index in [1.807, 2.05) is 73.7 Å². The molecule has 3 aromatic rings. The molecule has 0 radical (unpaired) electrons. The molecule has 0 aliphatic heterocycles. The number of hydrogen-bond donors (Lipinski definition) is 2. The lowest BCUT2D eigenvalue weighted by molar-refractivity contribution is -0.200.